The topological polar surface area (TPSA) is 65.9 Å². The van der Waals surface area contributed by atoms with E-state index < -0.39 is 0 Å². The van der Waals surface area contributed by atoms with Crippen molar-refractivity contribution in [2.24, 2.45) is 5.92 Å². The van der Waals surface area contributed by atoms with Crippen molar-refractivity contribution in [2.75, 3.05) is 38.2 Å². The number of hydrogen-bond donors (Lipinski definition) is 1. The quantitative estimate of drug-likeness (QED) is 0.893. The lowest BCUT2D eigenvalue weighted by atomic mass is 9.94. The lowest BCUT2D eigenvalue weighted by Crippen LogP contribution is -2.46. The number of hydrogen-bond acceptors (Lipinski definition) is 6. The van der Waals surface area contributed by atoms with E-state index in [-0.39, 0.29) is 17.9 Å². The molecule has 140 valence electrons. The number of rotatable bonds is 3. The number of ether oxygens (including phenoxy) is 1. The molecule has 2 aromatic rings. The molecule has 1 N–H and O–H groups in total. The highest BCUT2D eigenvalue weighted by molar-refractivity contribution is 7.22. The summed E-state index contributed by atoms with van der Waals surface area (Å²) in [7, 11) is 1.67. The Kier molecular flexibility index (Phi) is 5.00. The van der Waals surface area contributed by atoms with Crippen LogP contribution in [0.4, 0.5) is 5.13 Å². The molecule has 2 aliphatic rings. The van der Waals surface area contributed by atoms with Gasteiger partial charge in [-0.25, -0.2) is 4.98 Å². The summed E-state index contributed by atoms with van der Waals surface area (Å²) in [6.45, 7) is 3.12. The van der Waals surface area contributed by atoms with E-state index in [1.54, 1.807) is 18.4 Å². The number of aliphatic hydroxyl groups is 1. The summed E-state index contributed by atoms with van der Waals surface area (Å²) in [6.07, 6.45) is 2.92. The van der Waals surface area contributed by atoms with Crippen molar-refractivity contribution in [1.29, 1.82) is 0 Å². The van der Waals surface area contributed by atoms with Gasteiger partial charge in [0.15, 0.2) is 5.13 Å². The van der Waals surface area contributed by atoms with Gasteiger partial charge in [-0.15, -0.1) is 0 Å². The molecule has 0 aliphatic carbocycles. The smallest absolute Gasteiger partial charge is 0.225 e. The number of thiazole rings is 1. The first kappa shape index (κ1) is 17.5. The second-order valence-corrected chi connectivity index (χ2v) is 8.16. The van der Waals surface area contributed by atoms with Crippen LogP contribution < -0.4 is 9.64 Å². The number of aliphatic hydroxyl groups excluding tert-OH is 1. The van der Waals surface area contributed by atoms with Gasteiger partial charge in [-0.1, -0.05) is 11.3 Å². The van der Waals surface area contributed by atoms with E-state index in [0.717, 1.165) is 47.0 Å². The fourth-order valence-electron chi connectivity index (χ4n) is 3.82. The normalized spacial score (nSPS) is 19.9. The first-order chi connectivity index (χ1) is 12.6. The van der Waals surface area contributed by atoms with Crippen molar-refractivity contribution in [3.8, 4) is 5.75 Å². The Morgan fingerprint density at radius 2 is 1.92 bits per heavy atom. The van der Waals surface area contributed by atoms with Crippen LogP contribution in [0.2, 0.25) is 0 Å². The van der Waals surface area contributed by atoms with E-state index in [1.807, 2.05) is 23.1 Å². The number of carbonyl (C=O) groups is 1. The van der Waals surface area contributed by atoms with Crippen LogP contribution in [-0.4, -0.2) is 60.3 Å². The van der Waals surface area contributed by atoms with Gasteiger partial charge in [0.1, 0.15) is 5.75 Å². The summed E-state index contributed by atoms with van der Waals surface area (Å²) in [6, 6.07) is 5.96. The first-order valence-corrected chi connectivity index (χ1v) is 10.1. The predicted octanol–water partition coefficient (Wildman–Crippen LogP) is 2.50. The van der Waals surface area contributed by atoms with E-state index in [4.69, 9.17) is 9.72 Å². The second-order valence-electron chi connectivity index (χ2n) is 7.15. The van der Waals surface area contributed by atoms with Gasteiger partial charge in [-0.2, -0.15) is 0 Å². The Bertz CT molecular complexity index is 777. The van der Waals surface area contributed by atoms with Crippen LogP contribution in [0.1, 0.15) is 25.7 Å². The van der Waals surface area contributed by atoms with Crippen LogP contribution in [0.15, 0.2) is 18.2 Å². The van der Waals surface area contributed by atoms with Crippen LogP contribution in [0.3, 0.4) is 0 Å². The molecule has 0 bridgehead atoms. The van der Waals surface area contributed by atoms with E-state index in [1.165, 1.54) is 0 Å². The molecule has 2 aliphatic heterocycles. The van der Waals surface area contributed by atoms with E-state index in [2.05, 4.69) is 4.90 Å². The lowest BCUT2D eigenvalue weighted by Gasteiger charge is -2.36. The number of nitrogens with zero attached hydrogens (tertiary/aromatic N) is 3. The van der Waals surface area contributed by atoms with Crippen molar-refractivity contribution in [3.05, 3.63) is 18.2 Å². The average Bonchev–Trinajstić information content (AvgIpc) is 3.11. The summed E-state index contributed by atoms with van der Waals surface area (Å²) in [5, 5.41) is 10.6. The molecule has 2 saturated heterocycles. The summed E-state index contributed by atoms with van der Waals surface area (Å²) in [5.41, 5.74) is 0.996. The molecule has 1 amide bonds. The zero-order chi connectivity index (χ0) is 18.1. The number of benzene rings is 1. The molecule has 0 unspecified atom stereocenters. The maximum absolute atomic E-state index is 12.7. The highest BCUT2D eigenvalue weighted by Crippen LogP contribution is 2.33. The number of amides is 1. The minimum Gasteiger partial charge on any atom is -0.497 e. The van der Waals surface area contributed by atoms with Gasteiger partial charge in [0.2, 0.25) is 5.91 Å². The van der Waals surface area contributed by atoms with E-state index >= 15 is 0 Å². The molecule has 1 aromatic carbocycles. The Hall–Kier alpha value is -1.86. The number of fused-ring (bicyclic) bond motifs is 1. The molecule has 26 heavy (non-hydrogen) atoms. The minimum atomic E-state index is -0.237. The number of aromatic nitrogens is 1. The molecule has 3 heterocycles. The lowest BCUT2D eigenvalue weighted by molar-refractivity contribution is -0.138. The SMILES string of the molecule is COc1ccc2nc(N3CCC(C(=O)N4CCC(O)CC4)CC3)sc2c1. The highest BCUT2D eigenvalue weighted by atomic mass is 32.1. The van der Waals surface area contributed by atoms with E-state index in [0.29, 0.717) is 25.9 Å². The van der Waals surface area contributed by atoms with Crippen molar-refractivity contribution in [3.63, 3.8) is 0 Å². The summed E-state index contributed by atoms with van der Waals surface area (Å²) in [5.74, 6) is 1.23. The molecular weight excluding hydrogens is 350 g/mol. The molecule has 2 fully saturated rings. The number of methoxy groups -OCH3 is 1. The van der Waals surface area contributed by atoms with Crippen LogP contribution in [-0.2, 0) is 4.79 Å². The second kappa shape index (κ2) is 7.40. The van der Waals surface area contributed by atoms with Gasteiger partial charge < -0.3 is 19.6 Å². The van der Waals surface area contributed by atoms with Gasteiger partial charge in [-0.3, -0.25) is 4.79 Å². The van der Waals surface area contributed by atoms with Gasteiger partial charge in [-0.05, 0) is 43.9 Å². The van der Waals surface area contributed by atoms with Crippen molar-refractivity contribution in [2.45, 2.75) is 31.8 Å². The Balaban J connectivity index is 1.38. The summed E-state index contributed by atoms with van der Waals surface area (Å²) in [4.78, 5) is 21.7. The Labute approximate surface area is 157 Å². The molecule has 0 spiro atoms. The van der Waals surface area contributed by atoms with Crippen molar-refractivity contribution >= 4 is 32.6 Å². The predicted molar refractivity (Wildman–Crippen MR) is 103 cm³/mol. The zero-order valence-electron chi connectivity index (χ0n) is 15.1. The number of carbonyl (C=O) groups excluding carboxylic acids is 1. The Morgan fingerprint density at radius 3 is 2.62 bits per heavy atom. The van der Waals surface area contributed by atoms with Gasteiger partial charge >= 0.3 is 0 Å². The monoisotopic (exact) mass is 375 g/mol. The molecular formula is C19H25N3O3S. The van der Waals surface area contributed by atoms with Gasteiger partial charge in [0, 0.05) is 32.1 Å². The number of likely N-dealkylation sites (tertiary alicyclic amines) is 1. The van der Waals surface area contributed by atoms with Crippen LogP contribution in [0.5, 0.6) is 5.75 Å². The first-order valence-electron chi connectivity index (χ1n) is 9.30. The molecule has 0 saturated carbocycles. The molecule has 1 aromatic heterocycles. The fraction of sp³-hybridized carbons (Fsp3) is 0.579. The number of piperidine rings is 2. The van der Waals surface area contributed by atoms with Crippen molar-refractivity contribution in [1.82, 2.24) is 9.88 Å². The maximum Gasteiger partial charge on any atom is 0.225 e. The standard InChI is InChI=1S/C19H25N3O3S/c1-25-15-2-3-16-17(12-15)26-19(20-16)22-8-4-13(5-9-22)18(24)21-10-6-14(23)7-11-21/h2-3,12-14,23H,4-11H2,1H3. The average molecular weight is 375 g/mol. The third kappa shape index (κ3) is 3.50. The highest BCUT2D eigenvalue weighted by Gasteiger charge is 2.31. The molecule has 0 radical (unpaired) electrons. The Morgan fingerprint density at radius 1 is 1.19 bits per heavy atom. The third-order valence-corrected chi connectivity index (χ3v) is 6.55. The molecule has 0 atom stereocenters. The molecule has 6 nitrogen and oxygen atoms in total. The van der Waals surface area contributed by atoms with E-state index in [9.17, 15) is 9.90 Å². The summed E-state index contributed by atoms with van der Waals surface area (Å²) >= 11 is 1.68. The van der Waals surface area contributed by atoms with Gasteiger partial charge in [0.05, 0.1) is 23.4 Å². The van der Waals surface area contributed by atoms with Crippen LogP contribution >= 0.6 is 11.3 Å². The van der Waals surface area contributed by atoms with Crippen molar-refractivity contribution < 1.29 is 14.6 Å². The summed E-state index contributed by atoms with van der Waals surface area (Å²) < 4.78 is 6.42. The zero-order valence-corrected chi connectivity index (χ0v) is 15.9. The third-order valence-electron chi connectivity index (χ3n) is 5.48. The maximum atomic E-state index is 12.7. The van der Waals surface area contributed by atoms with Crippen LogP contribution in [0.25, 0.3) is 10.2 Å². The van der Waals surface area contributed by atoms with Gasteiger partial charge in [0.25, 0.3) is 0 Å². The number of anilines is 1. The fourth-order valence-corrected chi connectivity index (χ4v) is 4.86. The van der Waals surface area contributed by atoms with Crippen LogP contribution in [0, 0.1) is 5.92 Å². The molecule has 7 heteroatoms. The minimum absolute atomic E-state index is 0.107. The molecule has 4 rings (SSSR count). The largest absolute Gasteiger partial charge is 0.497 e.